The number of anilines is 1. The molecule has 0 aliphatic carbocycles. The summed E-state index contributed by atoms with van der Waals surface area (Å²) in [6.07, 6.45) is 3.39. The van der Waals surface area contributed by atoms with E-state index in [1.807, 2.05) is 12.1 Å². The fourth-order valence-electron chi connectivity index (χ4n) is 2.06. The van der Waals surface area contributed by atoms with Crippen molar-refractivity contribution >= 4 is 17.2 Å². The average molecular weight is 285 g/mol. The van der Waals surface area contributed by atoms with Gasteiger partial charge in [-0.2, -0.15) is 0 Å². The minimum absolute atomic E-state index is 0.0749. The molecule has 108 valence electrons. The minimum atomic E-state index is -0.471. The molecule has 6 heteroatoms. The number of pyridine rings is 1. The van der Waals surface area contributed by atoms with Crippen LogP contribution >= 0.6 is 0 Å². The third kappa shape index (κ3) is 3.42. The van der Waals surface area contributed by atoms with Crippen molar-refractivity contribution in [2.45, 2.75) is 13.5 Å². The Hall–Kier alpha value is -2.76. The summed E-state index contributed by atoms with van der Waals surface area (Å²) in [6.45, 7) is 1.88. The van der Waals surface area contributed by atoms with Crippen LogP contribution in [0.25, 0.3) is 0 Å². The zero-order valence-corrected chi connectivity index (χ0v) is 11.8. The topological polar surface area (TPSA) is 76.3 Å². The van der Waals surface area contributed by atoms with Crippen molar-refractivity contribution in [3.8, 4) is 0 Å². The second-order valence-corrected chi connectivity index (χ2v) is 4.73. The second kappa shape index (κ2) is 6.13. The highest BCUT2D eigenvalue weighted by atomic mass is 16.6. The molecule has 0 spiro atoms. The first-order valence-electron chi connectivity index (χ1n) is 6.38. The van der Waals surface area contributed by atoms with E-state index in [2.05, 4.69) is 4.98 Å². The minimum Gasteiger partial charge on any atom is -0.365 e. The number of carbonyl (C=O) groups is 1. The van der Waals surface area contributed by atoms with Crippen LogP contribution in [0.1, 0.15) is 22.8 Å². The number of hydrogen-bond acceptors (Lipinski definition) is 5. The summed E-state index contributed by atoms with van der Waals surface area (Å²) in [4.78, 5) is 27.9. The maximum atomic E-state index is 11.3. The van der Waals surface area contributed by atoms with E-state index in [9.17, 15) is 14.9 Å². The number of carbonyl (C=O) groups excluding carboxylic acids is 1. The molecule has 0 atom stereocenters. The number of rotatable bonds is 5. The summed E-state index contributed by atoms with van der Waals surface area (Å²) in [5, 5.41) is 11.2. The number of benzene rings is 1. The molecule has 0 N–H and O–H groups in total. The van der Waals surface area contributed by atoms with E-state index >= 15 is 0 Å². The molecular formula is C15H15N3O3. The number of Topliss-reactive ketones (excluding diaryl/α,β-unsaturated/α-hetero) is 1. The number of nitrogens with zero attached hydrogens (tertiary/aromatic N) is 3. The van der Waals surface area contributed by atoms with Gasteiger partial charge >= 0.3 is 0 Å². The van der Waals surface area contributed by atoms with E-state index in [-0.39, 0.29) is 11.5 Å². The lowest BCUT2D eigenvalue weighted by molar-refractivity contribution is -0.384. The van der Waals surface area contributed by atoms with Gasteiger partial charge in [-0.05, 0) is 30.7 Å². The van der Waals surface area contributed by atoms with Crippen molar-refractivity contribution in [1.82, 2.24) is 4.98 Å². The fourth-order valence-corrected chi connectivity index (χ4v) is 2.06. The molecule has 0 radical (unpaired) electrons. The number of ketones is 1. The molecule has 1 aromatic heterocycles. The quantitative estimate of drug-likeness (QED) is 0.479. The van der Waals surface area contributed by atoms with Crippen molar-refractivity contribution in [3.05, 3.63) is 64.0 Å². The van der Waals surface area contributed by atoms with E-state index in [4.69, 9.17) is 0 Å². The van der Waals surface area contributed by atoms with Crippen molar-refractivity contribution in [3.63, 3.8) is 0 Å². The zero-order chi connectivity index (χ0) is 15.4. The summed E-state index contributed by atoms with van der Waals surface area (Å²) in [5.74, 6) is -0.195. The first kappa shape index (κ1) is 14.6. The SMILES string of the molecule is CC(=O)c1ccc(N(C)Cc2cccnc2)c([N+](=O)[O-])c1. The monoisotopic (exact) mass is 285 g/mol. The zero-order valence-electron chi connectivity index (χ0n) is 11.8. The van der Waals surface area contributed by atoms with Gasteiger partial charge in [0, 0.05) is 37.6 Å². The Bertz CT molecular complexity index is 671. The van der Waals surface area contributed by atoms with Gasteiger partial charge in [-0.15, -0.1) is 0 Å². The van der Waals surface area contributed by atoms with Gasteiger partial charge in [0.05, 0.1) is 4.92 Å². The van der Waals surface area contributed by atoms with Gasteiger partial charge in [-0.25, -0.2) is 0 Å². The Kier molecular flexibility index (Phi) is 4.27. The van der Waals surface area contributed by atoms with Crippen LogP contribution in [0, 0.1) is 10.1 Å². The summed E-state index contributed by atoms with van der Waals surface area (Å²) >= 11 is 0. The molecule has 2 rings (SSSR count). The Morgan fingerprint density at radius 3 is 2.71 bits per heavy atom. The smallest absolute Gasteiger partial charge is 0.293 e. The van der Waals surface area contributed by atoms with Crippen LogP contribution in [0.4, 0.5) is 11.4 Å². The molecule has 1 heterocycles. The third-order valence-corrected chi connectivity index (χ3v) is 3.13. The average Bonchev–Trinajstić information content (AvgIpc) is 2.47. The molecule has 6 nitrogen and oxygen atoms in total. The normalized spacial score (nSPS) is 10.2. The van der Waals surface area contributed by atoms with Gasteiger partial charge in [0.15, 0.2) is 5.78 Å². The molecule has 0 amide bonds. The van der Waals surface area contributed by atoms with E-state index in [1.165, 1.54) is 13.0 Å². The van der Waals surface area contributed by atoms with Gasteiger partial charge in [0.1, 0.15) is 5.69 Å². The number of nitro benzene ring substituents is 1. The summed E-state index contributed by atoms with van der Waals surface area (Å²) < 4.78 is 0. The van der Waals surface area contributed by atoms with Crippen LogP contribution in [-0.4, -0.2) is 22.7 Å². The standard InChI is InChI=1S/C15H15N3O3/c1-11(19)13-5-6-14(15(8-13)18(20)21)17(2)10-12-4-3-7-16-9-12/h3-9H,10H2,1-2H3. The Labute approximate surface area is 122 Å². The van der Waals surface area contributed by atoms with E-state index < -0.39 is 4.92 Å². The molecule has 0 fully saturated rings. The largest absolute Gasteiger partial charge is 0.365 e. The van der Waals surface area contributed by atoms with Crippen molar-refractivity contribution in [2.24, 2.45) is 0 Å². The molecule has 0 saturated carbocycles. The number of nitro groups is 1. The molecule has 0 aliphatic heterocycles. The summed E-state index contributed by atoms with van der Waals surface area (Å²) in [7, 11) is 1.77. The third-order valence-electron chi connectivity index (χ3n) is 3.13. The lowest BCUT2D eigenvalue weighted by Gasteiger charge is -2.19. The summed E-state index contributed by atoms with van der Waals surface area (Å²) in [6, 6.07) is 8.24. The van der Waals surface area contributed by atoms with Crippen LogP contribution in [0.15, 0.2) is 42.7 Å². The van der Waals surface area contributed by atoms with Crippen LogP contribution < -0.4 is 4.90 Å². The molecule has 0 saturated heterocycles. The molecule has 0 unspecified atom stereocenters. The lowest BCUT2D eigenvalue weighted by Crippen LogP contribution is -2.18. The van der Waals surface area contributed by atoms with Gasteiger partial charge in [0.25, 0.3) is 5.69 Å². The molecule has 0 bridgehead atoms. The summed E-state index contributed by atoms with van der Waals surface area (Å²) in [5.41, 5.74) is 1.67. The predicted octanol–water partition coefficient (Wildman–Crippen LogP) is 2.83. The van der Waals surface area contributed by atoms with E-state index in [0.717, 1.165) is 5.56 Å². The van der Waals surface area contributed by atoms with Crippen LogP contribution in [0.3, 0.4) is 0 Å². The number of hydrogen-bond donors (Lipinski definition) is 0. The van der Waals surface area contributed by atoms with Crippen molar-refractivity contribution in [2.75, 3.05) is 11.9 Å². The predicted molar refractivity (Wildman–Crippen MR) is 79.4 cm³/mol. The Morgan fingerprint density at radius 2 is 2.14 bits per heavy atom. The first-order valence-corrected chi connectivity index (χ1v) is 6.38. The lowest BCUT2D eigenvalue weighted by atomic mass is 10.1. The molecule has 1 aromatic carbocycles. The highest BCUT2D eigenvalue weighted by Gasteiger charge is 2.19. The molecule has 21 heavy (non-hydrogen) atoms. The van der Waals surface area contributed by atoms with Gasteiger partial charge in [0.2, 0.25) is 0 Å². The molecule has 2 aromatic rings. The van der Waals surface area contributed by atoms with Crippen molar-refractivity contribution in [1.29, 1.82) is 0 Å². The highest BCUT2D eigenvalue weighted by molar-refractivity contribution is 5.95. The molecule has 0 aliphatic rings. The maximum absolute atomic E-state index is 11.3. The van der Waals surface area contributed by atoms with Crippen LogP contribution in [-0.2, 0) is 6.54 Å². The second-order valence-electron chi connectivity index (χ2n) is 4.73. The number of aromatic nitrogens is 1. The van der Waals surface area contributed by atoms with E-state index in [1.54, 1.807) is 36.5 Å². The first-order chi connectivity index (χ1) is 9.99. The molecular weight excluding hydrogens is 270 g/mol. The fraction of sp³-hybridized carbons (Fsp3) is 0.200. The van der Waals surface area contributed by atoms with Gasteiger partial charge in [-0.1, -0.05) is 6.07 Å². The van der Waals surface area contributed by atoms with Gasteiger partial charge < -0.3 is 4.90 Å². The Morgan fingerprint density at radius 1 is 1.38 bits per heavy atom. The van der Waals surface area contributed by atoms with E-state index in [0.29, 0.717) is 17.8 Å². The van der Waals surface area contributed by atoms with Crippen molar-refractivity contribution < 1.29 is 9.72 Å². The van der Waals surface area contributed by atoms with Crippen LogP contribution in [0.2, 0.25) is 0 Å². The maximum Gasteiger partial charge on any atom is 0.293 e. The Balaban J connectivity index is 2.34. The highest BCUT2D eigenvalue weighted by Crippen LogP contribution is 2.29. The van der Waals surface area contributed by atoms with Crippen LogP contribution in [0.5, 0.6) is 0 Å². The van der Waals surface area contributed by atoms with Gasteiger partial charge in [-0.3, -0.25) is 19.9 Å².